The van der Waals surface area contributed by atoms with Crippen molar-refractivity contribution in [1.29, 1.82) is 0 Å². The Labute approximate surface area is 172 Å². The van der Waals surface area contributed by atoms with Gasteiger partial charge in [0.2, 0.25) is 5.69 Å². The maximum Gasteiger partial charge on any atom is 0.322 e. The molecule has 0 fully saturated rings. The third kappa shape index (κ3) is 3.06. The smallest absolute Gasteiger partial charge is 0.320 e. The van der Waals surface area contributed by atoms with E-state index >= 15 is 0 Å². The average molecular weight is 403 g/mol. The van der Waals surface area contributed by atoms with Gasteiger partial charge in [-0.2, -0.15) is 10.2 Å². The quantitative estimate of drug-likeness (QED) is 0.630. The second-order valence-electron chi connectivity index (χ2n) is 7.39. The summed E-state index contributed by atoms with van der Waals surface area (Å²) in [6, 6.07) is 5.68. The largest absolute Gasteiger partial charge is 0.322 e. The SMILES string of the molecule is [C-]#[N+]c1cc(NC(=O)N2CCc3nn4c(c3C2)-c2nnccc2CCC4)ccc1F. The van der Waals surface area contributed by atoms with E-state index in [0.29, 0.717) is 25.2 Å². The molecule has 1 N–H and O–H groups in total. The molecule has 0 aliphatic carbocycles. The first-order valence-electron chi connectivity index (χ1n) is 9.76. The molecule has 150 valence electrons. The lowest BCUT2D eigenvalue weighted by Crippen LogP contribution is -2.38. The Bertz CT molecular complexity index is 1200. The number of benzene rings is 1. The second-order valence-corrected chi connectivity index (χ2v) is 7.39. The number of rotatable bonds is 1. The van der Waals surface area contributed by atoms with Crippen LogP contribution in [0.15, 0.2) is 30.5 Å². The van der Waals surface area contributed by atoms with E-state index in [1.165, 1.54) is 18.2 Å². The molecule has 5 rings (SSSR count). The maximum absolute atomic E-state index is 13.5. The van der Waals surface area contributed by atoms with E-state index < -0.39 is 5.82 Å². The summed E-state index contributed by atoms with van der Waals surface area (Å²) in [6.07, 6.45) is 4.25. The molecule has 2 aromatic heterocycles. The molecule has 0 bridgehead atoms. The molecule has 0 atom stereocenters. The second kappa shape index (κ2) is 7.22. The van der Waals surface area contributed by atoms with Crippen molar-refractivity contribution < 1.29 is 9.18 Å². The zero-order valence-electron chi connectivity index (χ0n) is 16.1. The molecule has 0 saturated heterocycles. The van der Waals surface area contributed by atoms with Gasteiger partial charge in [-0.15, -0.1) is 5.10 Å². The molecule has 0 spiro atoms. The highest BCUT2D eigenvalue weighted by Crippen LogP contribution is 2.34. The van der Waals surface area contributed by atoms with Gasteiger partial charge in [0.05, 0.1) is 24.5 Å². The van der Waals surface area contributed by atoms with Gasteiger partial charge in [0.25, 0.3) is 0 Å². The topological polar surface area (TPSA) is 80.3 Å². The van der Waals surface area contributed by atoms with Gasteiger partial charge in [0, 0.05) is 37.0 Å². The summed E-state index contributed by atoms with van der Waals surface area (Å²) in [5, 5.41) is 16.0. The first-order valence-corrected chi connectivity index (χ1v) is 9.76. The van der Waals surface area contributed by atoms with Crippen LogP contribution in [-0.2, 0) is 25.9 Å². The fourth-order valence-corrected chi connectivity index (χ4v) is 4.08. The zero-order valence-corrected chi connectivity index (χ0v) is 16.1. The van der Waals surface area contributed by atoms with Crippen LogP contribution in [0.2, 0.25) is 0 Å². The predicted octanol–water partition coefficient (Wildman–Crippen LogP) is 3.57. The molecule has 2 aliphatic heterocycles. The minimum atomic E-state index is -0.604. The minimum absolute atomic E-state index is 0.120. The molecule has 4 heterocycles. The fraction of sp³-hybridized carbons (Fsp3) is 0.286. The van der Waals surface area contributed by atoms with Crippen LogP contribution in [0.1, 0.15) is 23.2 Å². The van der Waals surface area contributed by atoms with Crippen LogP contribution in [0.4, 0.5) is 20.6 Å². The van der Waals surface area contributed by atoms with Gasteiger partial charge >= 0.3 is 6.03 Å². The van der Waals surface area contributed by atoms with Crippen molar-refractivity contribution >= 4 is 17.4 Å². The third-order valence-electron chi connectivity index (χ3n) is 5.55. The van der Waals surface area contributed by atoms with Crippen LogP contribution in [0.25, 0.3) is 16.2 Å². The van der Waals surface area contributed by atoms with Gasteiger partial charge in [-0.05, 0) is 42.7 Å². The zero-order chi connectivity index (χ0) is 20.7. The fourth-order valence-electron chi connectivity index (χ4n) is 4.08. The van der Waals surface area contributed by atoms with E-state index in [-0.39, 0.29) is 11.7 Å². The van der Waals surface area contributed by atoms with E-state index in [1.807, 2.05) is 10.7 Å². The number of amides is 2. The van der Waals surface area contributed by atoms with Crippen molar-refractivity contribution in [3.05, 3.63) is 64.5 Å². The Morgan fingerprint density at radius 3 is 3.00 bits per heavy atom. The number of fused-ring (bicyclic) bond motifs is 5. The monoisotopic (exact) mass is 403 g/mol. The number of aryl methyl sites for hydroxylation is 2. The van der Waals surface area contributed by atoms with Gasteiger partial charge in [-0.3, -0.25) is 4.68 Å². The van der Waals surface area contributed by atoms with Gasteiger partial charge in [-0.25, -0.2) is 14.0 Å². The summed E-state index contributed by atoms with van der Waals surface area (Å²) in [6.45, 7) is 8.77. The molecular formula is C21H18FN7O. The molecular weight excluding hydrogens is 385 g/mol. The maximum atomic E-state index is 13.5. The standard InChI is InChI=1S/C21H18FN7O/c1-23-18-11-14(4-5-16(18)22)25-21(30)28-10-7-17-15(12-28)20-19-13(6-8-24-26-19)3-2-9-29(20)27-17/h4-6,8,11H,2-3,7,9-10,12H2,(H,25,30). The minimum Gasteiger partial charge on any atom is -0.320 e. The number of carbonyl (C=O) groups is 1. The number of hydrogen-bond donors (Lipinski definition) is 1. The van der Waals surface area contributed by atoms with Crippen LogP contribution in [-0.4, -0.2) is 37.5 Å². The molecule has 9 heteroatoms. The number of anilines is 1. The van der Waals surface area contributed by atoms with Gasteiger partial charge in [0.15, 0.2) is 0 Å². The molecule has 2 amide bonds. The van der Waals surface area contributed by atoms with Crippen LogP contribution in [0, 0.1) is 12.4 Å². The Balaban J connectivity index is 1.43. The molecule has 0 unspecified atom stereocenters. The molecule has 3 aromatic rings. The highest BCUT2D eigenvalue weighted by atomic mass is 19.1. The summed E-state index contributed by atoms with van der Waals surface area (Å²) in [5.41, 5.74) is 5.19. The van der Waals surface area contributed by atoms with Crippen molar-refractivity contribution in [1.82, 2.24) is 24.9 Å². The number of halogens is 1. The number of hydrogen-bond acceptors (Lipinski definition) is 4. The Morgan fingerprint density at radius 2 is 2.13 bits per heavy atom. The van der Waals surface area contributed by atoms with Crippen molar-refractivity contribution in [3.63, 3.8) is 0 Å². The summed E-state index contributed by atoms with van der Waals surface area (Å²) in [4.78, 5) is 17.7. The molecule has 1 aromatic carbocycles. The highest BCUT2D eigenvalue weighted by Gasteiger charge is 2.30. The van der Waals surface area contributed by atoms with Crippen molar-refractivity contribution in [2.45, 2.75) is 32.4 Å². The highest BCUT2D eigenvalue weighted by molar-refractivity contribution is 5.90. The molecule has 0 radical (unpaired) electrons. The van der Waals surface area contributed by atoms with Crippen molar-refractivity contribution in [3.8, 4) is 11.4 Å². The Kier molecular flexibility index (Phi) is 4.39. The first kappa shape index (κ1) is 18.2. The van der Waals surface area contributed by atoms with E-state index in [9.17, 15) is 9.18 Å². The number of urea groups is 1. The number of aromatic nitrogens is 4. The molecule has 30 heavy (non-hydrogen) atoms. The Hall–Kier alpha value is -3.80. The molecule has 8 nitrogen and oxygen atoms in total. The summed E-state index contributed by atoms with van der Waals surface area (Å²) >= 11 is 0. The first-order chi connectivity index (χ1) is 14.6. The predicted molar refractivity (Wildman–Crippen MR) is 107 cm³/mol. The van der Waals surface area contributed by atoms with Gasteiger partial charge in [-0.1, -0.05) is 0 Å². The van der Waals surface area contributed by atoms with Gasteiger partial charge < -0.3 is 10.2 Å². The van der Waals surface area contributed by atoms with E-state index in [4.69, 9.17) is 11.7 Å². The molecule has 0 saturated carbocycles. The molecule has 2 aliphatic rings. The number of nitrogens with one attached hydrogen (secondary N) is 1. The van der Waals surface area contributed by atoms with Crippen molar-refractivity contribution in [2.75, 3.05) is 11.9 Å². The van der Waals surface area contributed by atoms with Crippen molar-refractivity contribution in [2.24, 2.45) is 0 Å². The Morgan fingerprint density at radius 1 is 1.23 bits per heavy atom. The number of carbonyl (C=O) groups excluding carboxylic acids is 1. The summed E-state index contributed by atoms with van der Waals surface area (Å²) < 4.78 is 15.5. The van der Waals surface area contributed by atoms with Crippen LogP contribution in [0.3, 0.4) is 0 Å². The van der Waals surface area contributed by atoms with Gasteiger partial charge in [0.1, 0.15) is 11.5 Å². The van der Waals surface area contributed by atoms with E-state index in [1.54, 1.807) is 11.1 Å². The summed E-state index contributed by atoms with van der Waals surface area (Å²) in [5.74, 6) is -0.604. The summed E-state index contributed by atoms with van der Waals surface area (Å²) in [7, 11) is 0. The lowest BCUT2D eigenvalue weighted by Gasteiger charge is -2.27. The lowest BCUT2D eigenvalue weighted by molar-refractivity contribution is 0.206. The third-order valence-corrected chi connectivity index (χ3v) is 5.55. The van der Waals surface area contributed by atoms with Crippen LogP contribution >= 0.6 is 0 Å². The van der Waals surface area contributed by atoms with Crippen LogP contribution in [0.5, 0.6) is 0 Å². The van der Waals surface area contributed by atoms with Crippen LogP contribution < -0.4 is 5.32 Å². The normalized spacial score (nSPS) is 14.7. The lowest BCUT2D eigenvalue weighted by atomic mass is 10.0. The number of nitrogens with zero attached hydrogens (tertiary/aromatic N) is 6. The van der Waals surface area contributed by atoms with E-state index in [2.05, 4.69) is 20.4 Å². The average Bonchev–Trinajstić information content (AvgIpc) is 3.02. The van der Waals surface area contributed by atoms with E-state index in [0.717, 1.165) is 47.6 Å².